The van der Waals surface area contributed by atoms with Crippen molar-refractivity contribution in [1.29, 1.82) is 0 Å². The summed E-state index contributed by atoms with van der Waals surface area (Å²) in [6.45, 7) is 0. The standard InChI is InChI=1S/C71H47N/c1-2-20-50(21-3-1)56-25-6-7-26-57(56)58-27-8-9-28-59(58)62-31-13-17-38-68(62)72(53-46-44-49(45-47-53)48-40-42-52(43-41-48)55-33-18-23-51-22-4-5-24-54(51)55)69-39-19-37-67-70(69)63-32-12-16-36-66(63)71(67)64-34-14-10-29-60(64)61-30-11-15-35-65(61)71/h1-47H. The van der Waals surface area contributed by atoms with Gasteiger partial charge in [0.1, 0.15) is 0 Å². The maximum Gasteiger partial charge on any atom is 0.0726 e. The molecular formula is C71H47N. The Kier molecular flexibility index (Phi) is 9.82. The highest BCUT2D eigenvalue weighted by atomic mass is 15.1. The average Bonchev–Trinajstić information content (AvgIpc) is 3.94. The molecule has 12 aromatic rings. The fourth-order valence-corrected chi connectivity index (χ4v) is 12.3. The van der Waals surface area contributed by atoms with Gasteiger partial charge in [-0.15, -0.1) is 0 Å². The number of rotatable bonds is 8. The Morgan fingerprint density at radius 3 is 1.31 bits per heavy atom. The van der Waals surface area contributed by atoms with Crippen LogP contribution in [0.2, 0.25) is 0 Å². The summed E-state index contributed by atoms with van der Waals surface area (Å²) in [6.07, 6.45) is 0. The molecule has 0 saturated heterocycles. The van der Waals surface area contributed by atoms with Crippen LogP contribution in [0.5, 0.6) is 0 Å². The lowest BCUT2D eigenvalue weighted by atomic mass is 9.70. The van der Waals surface area contributed by atoms with E-state index in [4.69, 9.17) is 0 Å². The zero-order valence-corrected chi connectivity index (χ0v) is 39.6. The quantitative estimate of drug-likeness (QED) is 0.147. The molecule has 2 aliphatic rings. The van der Waals surface area contributed by atoms with E-state index in [1.54, 1.807) is 0 Å². The Hall–Kier alpha value is -9.30. The predicted octanol–water partition coefficient (Wildman–Crippen LogP) is 19.0. The topological polar surface area (TPSA) is 3.24 Å². The van der Waals surface area contributed by atoms with Crippen LogP contribution in [0.3, 0.4) is 0 Å². The van der Waals surface area contributed by atoms with Gasteiger partial charge >= 0.3 is 0 Å². The van der Waals surface area contributed by atoms with Crippen molar-refractivity contribution in [2.24, 2.45) is 0 Å². The van der Waals surface area contributed by atoms with Crippen molar-refractivity contribution in [3.05, 3.63) is 307 Å². The number of hydrogen-bond donors (Lipinski definition) is 0. The molecule has 0 N–H and O–H groups in total. The van der Waals surface area contributed by atoms with Crippen LogP contribution >= 0.6 is 0 Å². The van der Waals surface area contributed by atoms with Crippen LogP contribution in [0, 0.1) is 0 Å². The van der Waals surface area contributed by atoms with E-state index in [0.29, 0.717) is 0 Å². The first-order valence-corrected chi connectivity index (χ1v) is 25.0. The molecule has 1 nitrogen and oxygen atoms in total. The summed E-state index contributed by atoms with van der Waals surface area (Å²) in [6, 6.07) is 105. The molecule has 0 atom stereocenters. The fourth-order valence-electron chi connectivity index (χ4n) is 12.3. The van der Waals surface area contributed by atoms with Crippen LogP contribution in [-0.4, -0.2) is 0 Å². The van der Waals surface area contributed by atoms with Gasteiger partial charge in [0.25, 0.3) is 0 Å². The van der Waals surface area contributed by atoms with Crippen molar-refractivity contribution in [1.82, 2.24) is 0 Å². The van der Waals surface area contributed by atoms with E-state index in [1.165, 1.54) is 105 Å². The van der Waals surface area contributed by atoms with Gasteiger partial charge in [-0.25, -0.2) is 0 Å². The zero-order valence-electron chi connectivity index (χ0n) is 39.6. The monoisotopic (exact) mass is 913 g/mol. The minimum absolute atomic E-state index is 0.476. The fraction of sp³-hybridized carbons (Fsp3) is 0.0141. The third kappa shape index (κ3) is 6.41. The molecule has 2 aliphatic carbocycles. The number of nitrogens with zero attached hydrogens (tertiary/aromatic N) is 1. The average molecular weight is 914 g/mol. The smallest absolute Gasteiger partial charge is 0.0726 e. The molecule has 0 unspecified atom stereocenters. The van der Waals surface area contributed by atoms with E-state index in [9.17, 15) is 0 Å². The second-order valence-corrected chi connectivity index (χ2v) is 19.0. The summed E-state index contributed by atoms with van der Waals surface area (Å²) in [5.74, 6) is 0. The molecule has 0 amide bonds. The van der Waals surface area contributed by atoms with Crippen molar-refractivity contribution in [3.63, 3.8) is 0 Å². The Morgan fingerprint density at radius 2 is 0.625 bits per heavy atom. The van der Waals surface area contributed by atoms with Crippen LogP contribution in [0.15, 0.2) is 285 Å². The molecule has 72 heavy (non-hydrogen) atoms. The third-order valence-electron chi connectivity index (χ3n) is 15.3. The van der Waals surface area contributed by atoms with Gasteiger partial charge in [0.05, 0.1) is 16.8 Å². The van der Waals surface area contributed by atoms with E-state index in [2.05, 4.69) is 290 Å². The lowest BCUT2D eigenvalue weighted by molar-refractivity contribution is 0.794. The molecule has 336 valence electrons. The second kappa shape index (κ2) is 17.0. The Labute approximate surface area is 421 Å². The predicted molar refractivity (Wildman–Crippen MR) is 302 cm³/mol. The van der Waals surface area contributed by atoms with Gasteiger partial charge in [0.15, 0.2) is 0 Å². The van der Waals surface area contributed by atoms with E-state index in [-0.39, 0.29) is 0 Å². The van der Waals surface area contributed by atoms with Crippen molar-refractivity contribution in [2.45, 2.75) is 5.41 Å². The molecule has 1 heteroatoms. The summed E-state index contributed by atoms with van der Waals surface area (Å²) < 4.78 is 0. The van der Waals surface area contributed by atoms with Gasteiger partial charge in [-0.05, 0) is 124 Å². The van der Waals surface area contributed by atoms with Gasteiger partial charge in [0, 0.05) is 16.8 Å². The van der Waals surface area contributed by atoms with Crippen molar-refractivity contribution in [2.75, 3.05) is 4.90 Å². The molecular weight excluding hydrogens is 867 g/mol. The van der Waals surface area contributed by atoms with Crippen molar-refractivity contribution < 1.29 is 0 Å². The minimum atomic E-state index is -0.476. The Balaban J connectivity index is 0.972. The molecule has 0 aliphatic heterocycles. The summed E-state index contributed by atoms with van der Waals surface area (Å²) in [7, 11) is 0. The first-order chi connectivity index (χ1) is 35.8. The molecule has 0 heterocycles. The first-order valence-electron chi connectivity index (χ1n) is 25.0. The summed E-state index contributed by atoms with van der Waals surface area (Å²) in [4.78, 5) is 2.53. The van der Waals surface area contributed by atoms with E-state index < -0.39 is 5.41 Å². The Morgan fingerprint density at radius 1 is 0.222 bits per heavy atom. The summed E-state index contributed by atoms with van der Waals surface area (Å²) in [5, 5.41) is 2.52. The van der Waals surface area contributed by atoms with Crippen LogP contribution in [0.4, 0.5) is 17.1 Å². The van der Waals surface area contributed by atoms with Crippen molar-refractivity contribution in [3.8, 4) is 77.9 Å². The van der Waals surface area contributed by atoms with Crippen LogP contribution in [-0.2, 0) is 5.41 Å². The van der Waals surface area contributed by atoms with Crippen LogP contribution < -0.4 is 4.90 Å². The van der Waals surface area contributed by atoms with Crippen LogP contribution in [0.25, 0.3) is 88.7 Å². The first kappa shape index (κ1) is 41.7. The largest absolute Gasteiger partial charge is 0.309 e. The molecule has 0 aromatic heterocycles. The highest BCUT2D eigenvalue weighted by Gasteiger charge is 2.52. The molecule has 14 rings (SSSR count). The van der Waals surface area contributed by atoms with E-state index in [1.807, 2.05) is 0 Å². The maximum atomic E-state index is 2.53. The number of para-hydroxylation sites is 1. The summed E-state index contributed by atoms with van der Waals surface area (Å²) >= 11 is 0. The van der Waals surface area contributed by atoms with Gasteiger partial charge in [0.2, 0.25) is 0 Å². The van der Waals surface area contributed by atoms with Crippen LogP contribution in [0.1, 0.15) is 22.3 Å². The molecule has 0 fully saturated rings. The van der Waals surface area contributed by atoms with Crippen molar-refractivity contribution >= 4 is 27.8 Å². The van der Waals surface area contributed by atoms with E-state index >= 15 is 0 Å². The molecule has 1 spiro atoms. The van der Waals surface area contributed by atoms with Gasteiger partial charge < -0.3 is 4.90 Å². The minimum Gasteiger partial charge on any atom is -0.309 e. The van der Waals surface area contributed by atoms with E-state index in [0.717, 1.165) is 22.6 Å². The molecule has 0 radical (unpaired) electrons. The SMILES string of the molecule is c1ccc(-c2ccccc2-c2ccccc2-c2ccccc2N(c2ccc(-c3ccc(-c4cccc5ccccc45)cc3)cc2)c2cccc3c2-c2ccccc2C32c3ccccc3-c3ccccc32)cc1. The maximum absolute atomic E-state index is 2.53. The molecule has 0 saturated carbocycles. The number of anilines is 3. The lowest BCUT2D eigenvalue weighted by Crippen LogP contribution is -2.26. The zero-order chi connectivity index (χ0) is 47.6. The normalized spacial score (nSPS) is 12.6. The third-order valence-corrected chi connectivity index (χ3v) is 15.3. The highest BCUT2D eigenvalue weighted by molar-refractivity contribution is 6.04. The number of fused-ring (bicyclic) bond motifs is 11. The van der Waals surface area contributed by atoms with Gasteiger partial charge in [-0.2, -0.15) is 0 Å². The Bertz CT molecular complexity index is 3980. The van der Waals surface area contributed by atoms with Gasteiger partial charge in [-0.3, -0.25) is 0 Å². The number of benzene rings is 12. The lowest BCUT2D eigenvalue weighted by Gasteiger charge is -2.32. The van der Waals surface area contributed by atoms with Gasteiger partial charge in [-0.1, -0.05) is 261 Å². The number of hydrogen-bond acceptors (Lipinski definition) is 1. The molecule has 12 aromatic carbocycles. The second-order valence-electron chi connectivity index (χ2n) is 19.0. The highest BCUT2D eigenvalue weighted by Crippen LogP contribution is 2.65. The molecule has 0 bridgehead atoms. The summed E-state index contributed by atoms with van der Waals surface area (Å²) in [5.41, 5.74) is 25.2.